The Kier molecular flexibility index (Phi) is 16.4. The summed E-state index contributed by atoms with van der Waals surface area (Å²) in [4.78, 5) is 115. The Labute approximate surface area is 407 Å². The first-order valence-corrected chi connectivity index (χ1v) is 24.2. The summed E-state index contributed by atoms with van der Waals surface area (Å²) in [5, 5.41) is 25.1. The van der Waals surface area contributed by atoms with Gasteiger partial charge in [-0.2, -0.15) is 0 Å². The summed E-state index contributed by atoms with van der Waals surface area (Å²) in [5.41, 5.74) is 21.2. The highest BCUT2D eigenvalue weighted by atomic mass is 32.1. The molecule has 2 aliphatic heterocycles. The molecule has 21 nitrogen and oxygen atoms in total. The van der Waals surface area contributed by atoms with Crippen molar-refractivity contribution in [3.05, 3.63) is 84.0 Å². The molecule has 2 saturated heterocycles. The van der Waals surface area contributed by atoms with Gasteiger partial charge < -0.3 is 53.7 Å². The Hall–Kier alpha value is -7.46. The molecule has 0 radical (unpaired) electrons. The van der Waals surface area contributed by atoms with Crippen LogP contribution >= 0.6 is 11.3 Å². The van der Waals surface area contributed by atoms with Crippen molar-refractivity contribution < 1.29 is 38.4 Å². The van der Waals surface area contributed by atoms with E-state index in [1.165, 1.54) is 4.90 Å². The maximum atomic E-state index is 15.1. The molecule has 3 aromatic heterocycles. The summed E-state index contributed by atoms with van der Waals surface area (Å²) in [5.74, 6) is -6.83. The minimum atomic E-state index is -1.58. The van der Waals surface area contributed by atoms with Crippen LogP contribution in [0.4, 0.5) is 0 Å². The van der Waals surface area contributed by atoms with Gasteiger partial charge in [-0.05, 0) is 53.8 Å². The van der Waals surface area contributed by atoms with Crippen LogP contribution < -0.4 is 43.8 Å². The molecule has 5 aromatic rings. The molecule has 2 fully saturated rings. The van der Waals surface area contributed by atoms with E-state index in [-0.39, 0.29) is 32.4 Å². The Morgan fingerprint density at radius 1 is 0.857 bits per heavy atom. The van der Waals surface area contributed by atoms with Crippen LogP contribution in [0, 0.1) is 5.92 Å². The number of hydrogen-bond acceptors (Lipinski definition) is 12. The second-order valence-corrected chi connectivity index (χ2v) is 18.8. The van der Waals surface area contributed by atoms with E-state index in [9.17, 15) is 33.6 Å². The number of H-pyrrole nitrogens is 1. The van der Waals surface area contributed by atoms with E-state index in [4.69, 9.17) is 17.2 Å². The number of nitrogens with zero attached hydrogens (tertiary/aromatic N) is 4. The smallest absolute Gasteiger partial charge is 0.246 e. The van der Waals surface area contributed by atoms with Crippen molar-refractivity contribution in [2.24, 2.45) is 23.1 Å². The maximum absolute atomic E-state index is 15.1. The maximum Gasteiger partial charge on any atom is 0.246 e. The van der Waals surface area contributed by atoms with Crippen molar-refractivity contribution in [3.63, 3.8) is 0 Å². The number of rotatable bonds is 10. The molecule has 2 aliphatic rings. The zero-order valence-corrected chi connectivity index (χ0v) is 39.7. The first-order valence-electron chi connectivity index (χ1n) is 23.3. The van der Waals surface area contributed by atoms with Crippen molar-refractivity contribution in [1.82, 2.24) is 51.5 Å². The first-order chi connectivity index (χ1) is 33.6. The largest absolute Gasteiger partial charge is 0.370 e. The number of benzene rings is 2. The van der Waals surface area contributed by atoms with Crippen LogP contribution in [-0.4, -0.2) is 121 Å². The van der Waals surface area contributed by atoms with Gasteiger partial charge in [0.1, 0.15) is 35.9 Å². The van der Waals surface area contributed by atoms with Gasteiger partial charge in [0.05, 0.1) is 31.1 Å². The second-order valence-electron chi connectivity index (χ2n) is 17.9. The number of hydrogen-bond donors (Lipinski definition) is 9. The van der Waals surface area contributed by atoms with Gasteiger partial charge in [-0.3, -0.25) is 38.4 Å². The standard InChI is InChI=1S/C48H59N13O8S/c1-3-26(2)42-48(69)60-24-30(61-25-37(58-59-61)27-13-15-28(16-14-27)39-12-8-18-70-39)20-38(60)47(68)56-35(19-29-23-53-33-10-5-4-9-31(29)33)45(66)54-34(43(51)64)11-6-7-17-52-41(63)21-32(49)44(65)55-36(22-40(50)62)46(67)57-42/h4-5,8-10,12-16,18,23,25-26,30,32,34-36,38,42,53H,3,6-7,11,17,19-22,24,49H2,1-2H3,(H2,50,62)(H2,51,64)(H,52,63)(H,54,66)(H,55,65)(H,56,68)(H,57,67)/t26?,30-,32-,34-,35-,36-,38-,42-/m0/s1. The molecular formula is C48H59N13O8S. The van der Waals surface area contributed by atoms with Crippen molar-refractivity contribution in [2.45, 2.75) is 108 Å². The summed E-state index contributed by atoms with van der Waals surface area (Å²) in [6, 6.07) is 10.6. The van der Waals surface area contributed by atoms with Crippen LogP contribution in [0.5, 0.6) is 0 Å². The minimum Gasteiger partial charge on any atom is -0.370 e. The highest BCUT2D eigenvalue weighted by Crippen LogP contribution is 2.32. The number of aromatic amines is 1. The molecule has 8 amide bonds. The summed E-state index contributed by atoms with van der Waals surface area (Å²) in [6.45, 7) is 3.57. The van der Waals surface area contributed by atoms with E-state index >= 15 is 4.79 Å². The molecule has 7 rings (SSSR count). The molecule has 70 heavy (non-hydrogen) atoms. The van der Waals surface area contributed by atoms with Crippen molar-refractivity contribution >= 4 is 69.5 Å². The third-order valence-electron chi connectivity index (χ3n) is 12.9. The number of primary amides is 2. The van der Waals surface area contributed by atoms with Gasteiger partial charge in [-0.25, -0.2) is 4.68 Å². The molecule has 0 aliphatic carbocycles. The molecule has 12 N–H and O–H groups in total. The topological polar surface area (TPSA) is 325 Å². The summed E-state index contributed by atoms with van der Waals surface area (Å²) >= 11 is 1.62. The van der Waals surface area contributed by atoms with Gasteiger partial charge in [0.2, 0.25) is 47.3 Å². The van der Waals surface area contributed by atoms with E-state index in [2.05, 4.69) is 41.9 Å². The third-order valence-corrected chi connectivity index (χ3v) is 13.8. The lowest BCUT2D eigenvalue weighted by atomic mass is 9.96. The monoisotopic (exact) mass is 977 g/mol. The van der Waals surface area contributed by atoms with Gasteiger partial charge in [0.15, 0.2) is 0 Å². The third kappa shape index (κ3) is 12.2. The van der Waals surface area contributed by atoms with Crippen molar-refractivity contribution in [3.8, 4) is 21.7 Å². The number of nitrogens with two attached hydrogens (primary N) is 3. The van der Waals surface area contributed by atoms with Crippen molar-refractivity contribution in [2.75, 3.05) is 13.1 Å². The quantitative estimate of drug-likeness (QED) is 0.0947. The molecule has 0 spiro atoms. The lowest BCUT2D eigenvalue weighted by Crippen LogP contribution is -2.60. The number of para-hydroxylation sites is 1. The fraction of sp³-hybridized carbons (Fsp3) is 0.417. The molecule has 370 valence electrons. The number of thiophene rings is 1. The Bertz CT molecular complexity index is 2700. The number of carbonyl (C=O) groups excluding carboxylic acids is 8. The van der Waals surface area contributed by atoms with Gasteiger partial charge >= 0.3 is 0 Å². The van der Waals surface area contributed by atoms with E-state index in [0.717, 1.165) is 26.9 Å². The fourth-order valence-corrected chi connectivity index (χ4v) is 9.49. The molecule has 0 bridgehead atoms. The highest BCUT2D eigenvalue weighted by molar-refractivity contribution is 7.13. The Balaban J connectivity index is 1.24. The van der Waals surface area contributed by atoms with E-state index in [1.54, 1.807) is 42.3 Å². The lowest BCUT2D eigenvalue weighted by Gasteiger charge is -2.33. The second kappa shape index (κ2) is 22.8. The van der Waals surface area contributed by atoms with Crippen LogP contribution in [0.15, 0.2) is 78.4 Å². The van der Waals surface area contributed by atoms with Crippen molar-refractivity contribution in [1.29, 1.82) is 0 Å². The van der Waals surface area contributed by atoms with Crippen LogP contribution in [0.2, 0.25) is 0 Å². The van der Waals surface area contributed by atoms with Gasteiger partial charge in [-0.15, -0.1) is 16.4 Å². The predicted molar refractivity (Wildman–Crippen MR) is 260 cm³/mol. The fourth-order valence-electron chi connectivity index (χ4n) is 8.76. The number of carbonyl (C=O) groups is 8. The average Bonchev–Trinajstić information content (AvgIpc) is 4.19. The van der Waals surface area contributed by atoms with E-state index in [1.807, 2.05) is 66.0 Å². The molecule has 5 heterocycles. The zero-order chi connectivity index (χ0) is 50.1. The minimum absolute atomic E-state index is 0.00913. The summed E-state index contributed by atoms with van der Waals surface area (Å²) in [7, 11) is 0. The molecule has 1 unspecified atom stereocenters. The van der Waals surface area contributed by atoms with Gasteiger partial charge in [-0.1, -0.05) is 74.0 Å². The normalized spacial score (nSPS) is 24.2. The molecule has 22 heteroatoms. The number of fused-ring (bicyclic) bond motifs is 2. The predicted octanol–water partition coefficient (Wildman–Crippen LogP) is 0.903. The average molecular weight is 978 g/mol. The number of aromatic nitrogens is 4. The summed E-state index contributed by atoms with van der Waals surface area (Å²) in [6.07, 6.45) is 3.44. The molecule has 2 aromatic carbocycles. The van der Waals surface area contributed by atoms with E-state index < -0.39 is 108 Å². The number of amides is 8. The zero-order valence-electron chi connectivity index (χ0n) is 38.9. The summed E-state index contributed by atoms with van der Waals surface area (Å²) < 4.78 is 1.58. The van der Waals surface area contributed by atoms with Crippen LogP contribution in [0.1, 0.15) is 70.4 Å². The molecular weight excluding hydrogens is 919 g/mol. The molecule has 8 atom stereocenters. The SMILES string of the molecule is CCC(C)[C@@H]1NC(=O)[C@H](CC(N)=O)NC(=O)[C@@H](N)CC(=O)NCCCC[C@@H](C(N)=O)NC(=O)[C@H](Cc2c[nH]c3ccccc23)NC(=O)[C@@H]2C[C@H](n3cc(-c4ccc(-c5cccs5)cc4)nn3)CN2C1=O. The Morgan fingerprint density at radius 3 is 2.30 bits per heavy atom. The lowest BCUT2D eigenvalue weighted by molar-refractivity contribution is -0.143. The molecule has 0 saturated carbocycles. The first kappa shape index (κ1) is 50.4. The Morgan fingerprint density at radius 2 is 1.59 bits per heavy atom. The van der Waals surface area contributed by atoms with Gasteiger partial charge in [0.25, 0.3) is 0 Å². The highest BCUT2D eigenvalue weighted by Gasteiger charge is 2.45. The van der Waals surface area contributed by atoms with E-state index in [0.29, 0.717) is 30.5 Å². The van der Waals surface area contributed by atoms with Crippen LogP contribution in [0.25, 0.3) is 32.6 Å². The van der Waals surface area contributed by atoms with Crippen LogP contribution in [0.3, 0.4) is 0 Å². The van der Waals surface area contributed by atoms with Gasteiger partial charge in [0, 0.05) is 53.5 Å². The number of nitrogens with one attached hydrogen (secondary N) is 6. The van der Waals surface area contributed by atoms with Crippen LogP contribution in [-0.2, 0) is 44.8 Å².